The van der Waals surface area contributed by atoms with Gasteiger partial charge in [-0.25, -0.2) is 0 Å². The zero-order valence-corrected chi connectivity index (χ0v) is 10.8. The van der Waals surface area contributed by atoms with E-state index in [1.54, 1.807) is 0 Å². The van der Waals surface area contributed by atoms with Crippen LogP contribution in [0.4, 0.5) is 0 Å². The van der Waals surface area contributed by atoms with Crippen molar-refractivity contribution < 1.29 is 0 Å². The zero-order valence-electron chi connectivity index (χ0n) is 10.8. The molecule has 0 bridgehead atoms. The third-order valence-corrected chi connectivity index (χ3v) is 4.21. The van der Waals surface area contributed by atoms with Gasteiger partial charge < -0.3 is 5.73 Å². The monoisotopic (exact) mass is 224 g/mol. The van der Waals surface area contributed by atoms with E-state index in [9.17, 15) is 0 Å². The molecule has 2 N–H and O–H groups in total. The van der Waals surface area contributed by atoms with Crippen molar-refractivity contribution in [1.82, 2.24) is 4.90 Å². The lowest BCUT2D eigenvalue weighted by Crippen LogP contribution is -2.49. The smallest absolute Gasteiger partial charge is 0.0250 e. The molecule has 2 nitrogen and oxygen atoms in total. The van der Waals surface area contributed by atoms with E-state index in [1.807, 2.05) is 0 Å². The Morgan fingerprint density at radius 3 is 2.31 bits per heavy atom. The van der Waals surface area contributed by atoms with Gasteiger partial charge in [-0.2, -0.15) is 0 Å². The molecule has 2 atom stereocenters. The molecule has 2 saturated carbocycles. The van der Waals surface area contributed by atoms with E-state index >= 15 is 0 Å². The summed E-state index contributed by atoms with van der Waals surface area (Å²) >= 11 is 0. The molecule has 2 heteroatoms. The van der Waals surface area contributed by atoms with Crippen molar-refractivity contribution in [1.29, 1.82) is 0 Å². The standard InChI is InChI=1S/C14H28N2/c1-2-11-16(12-9-10-12)14-8-6-4-3-5-7-13(14)15/h12-14H,2-11,15H2,1H3. The van der Waals surface area contributed by atoms with E-state index in [-0.39, 0.29) is 0 Å². The Labute approximate surface area is 101 Å². The summed E-state index contributed by atoms with van der Waals surface area (Å²) in [5, 5.41) is 0. The molecule has 0 radical (unpaired) electrons. The van der Waals surface area contributed by atoms with E-state index in [0.29, 0.717) is 12.1 Å². The first-order valence-corrected chi connectivity index (χ1v) is 7.34. The van der Waals surface area contributed by atoms with Gasteiger partial charge in [0.1, 0.15) is 0 Å². The summed E-state index contributed by atoms with van der Waals surface area (Å²) in [6, 6.07) is 2.01. The van der Waals surface area contributed by atoms with Crippen LogP contribution in [0.5, 0.6) is 0 Å². The van der Waals surface area contributed by atoms with Crippen molar-refractivity contribution in [3.63, 3.8) is 0 Å². The van der Waals surface area contributed by atoms with Crippen LogP contribution in [-0.4, -0.2) is 29.6 Å². The van der Waals surface area contributed by atoms with E-state index in [2.05, 4.69) is 11.8 Å². The van der Waals surface area contributed by atoms with Gasteiger partial charge in [0.15, 0.2) is 0 Å². The first kappa shape index (κ1) is 12.4. The van der Waals surface area contributed by atoms with Gasteiger partial charge in [0.05, 0.1) is 0 Å². The van der Waals surface area contributed by atoms with Crippen LogP contribution < -0.4 is 5.73 Å². The highest BCUT2D eigenvalue weighted by Gasteiger charge is 2.35. The van der Waals surface area contributed by atoms with Crippen molar-refractivity contribution in [2.75, 3.05) is 6.54 Å². The maximum atomic E-state index is 6.40. The first-order valence-electron chi connectivity index (χ1n) is 7.34. The maximum absolute atomic E-state index is 6.40. The number of nitrogens with zero attached hydrogens (tertiary/aromatic N) is 1. The summed E-state index contributed by atoms with van der Waals surface area (Å²) in [5.41, 5.74) is 6.40. The van der Waals surface area contributed by atoms with Crippen LogP contribution in [0.1, 0.15) is 64.7 Å². The van der Waals surface area contributed by atoms with Crippen molar-refractivity contribution in [3.05, 3.63) is 0 Å². The molecule has 0 aromatic rings. The fourth-order valence-electron chi connectivity index (χ4n) is 3.19. The van der Waals surface area contributed by atoms with Crippen LogP contribution >= 0.6 is 0 Å². The second-order valence-corrected chi connectivity index (χ2v) is 5.69. The molecule has 16 heavy (non-hydrogen) atoms. The van der Waals surface area contributed by atoms with E-state index in [1.165, 1.54) is 64.3 Å². The molecule has 0 aromatic carbocycles. The Balaban J connectivity index is 1.95. The Hall–Kier alpha value is -0.0800. The van der Waals surface area contributed by atoms with Crippen molar-refractivity contribution in [3.8, 4) is 0 Å². The molecule has 0 spiro atoms. The van der Waals surface area contributed by atoms with Crippen LogP contribution in [0.2, 0.25) is 0 Å². The predicted molar refractivity (Wildman–Crippen MR) is 69.5 cm³/mol. The highest BCUT2D eigenvalue weighted by atomic mass is 15.2. The molecule has 0 amide bonds. The Morgan fingerprint density at radius 2 is 1.69 bits per heavy atom. The third-order valence-electron chi connectivity index (χ3n) is 4.21. The average molecular weight is 224 g/mol. The Kier molecular flexibility index (Phi) is 4.66. The zero-order chi connectivity index (χ0) is 11.4. The fourth-order valence-corrected chi connectivity index (χ4v) is 3.19. The largest absolute Gasteiger partial charge is 0.326 e. The summed E-state index contributed by atoms with van der Waals surface area (Å²) in [7, 11) is 0. The maximum Gasteiger partial charge on any atom is 0.0250 e. The second kappa shape index (κ2) is 6.02. The fraction of sp³-hybridized carbons (Fsp3) is 1.00. The minimum Gasteiger partial charge on any atom is -0.326 e. The third kappa shape index (κ3) is 3.21. The summed E-state index contributed by atoms with van der Waals surface area (Å²) in [4.78, 5) is 2.75. The molecule has 2 rings (SSSR count). The van der Waals surface area contributed by atoms with Crippen LogP contribution in [0, 0.1) is 0 Å². The van der Waals surface area contributed by atoms with Crippen molar-refractivity contribution in [2.24, 2.45) is 5.73 Å². The molecule has 0 aliphatic heterocycles. The number of hydrogen-bond acceptors (Lipinski definition) is 2. The van der Waals surface area contributed by atoms with Crippen molar-refractivity contribution >= 4 is 0 Å². The van der Waals surface area contributed by atoms with Gasteiger partial charge in [0, 0.05) is 18.1 Å². The number of nitrogens with two attached hydrogens (primary N) is 1. The normalized spacial score (nSPS) is 32.4. The minimum atomic E-state index is 0.437. The molecule has 2 fully saturated rings. The summed E-state index contributed by atoms with van der Waals surface area (Å²) < 4.78 is 0. The van der Waals surface area contributed by atoms with E-state index < -0.39 is 0 Å². The molecule has 94 valence electrons. The van der Waals surface area contributed by atoms with Crippen LogP contribution in [0.15, 0.2) is 0 Å². The molecule has 0 aromatic heterocycles. The van der Waals surface area contributed by atoms with Gasteiger partial charge in [0.2, 0.25) is 0 Å². The molecule has 0 saturated heterocycles. The van der Waals surface area contributed by atoms with Gasteiger partial charge >= 0.3 is 0 Å². The molecule has 0 heterocycles. The molecule has 2 aliphatic rings. The van der Waals surface area contributed by atoms with Crippen LogP contribution in [0.25, 0.3) is 0 Å². The second-order valence-electron chi connectivity index (χ2n) is 5.69. The summed E-state index contributed by atoms with van der Waals surface area (Å²) in [5.74, 6) is 0. The van der Waals surface area contributed by atoms with Gasteiger partial charge in [-0.05, 0) is 38.6 Å². The lowest BCUT2D eigenvalue weighted by molar-refractivity contribution is 0.139. The number of hydrogen-bond donors (Lipinski definition) is 1. The van der Waals surface area contributed by atoms with E-state index in [0.717, 1.165) is 6.04 Å². The molecular weight excluding hydrogens is 196 g/mol. The number of rotatable bonds is 4. The van der Waals surface area contributed by atoms with E-state index in [4.69, 9.17) is 5.73 Å². The summed E-state index contributed by atoms with van der Waals surface area (Å²) in [6.07, 6.45) is 12.3. The first-order chi connectivity index (χ1) is 7.83. The van der Waals surface area contributed by atoms with Crippen molar-refractivity contribution in [2.45, 2.75) is 82.8 Å². The Morgan fingerprint density at radius 1 is 1.00 bits per heavy atom. The molecule has 2 aliphatic carbocycles. The van der Waals surface area contributed by atoms with Gasteiger partial charge in [-0.3, -0.25) is 4.90 Å². The summed E-state index contributed by atoms with van der Waals surface area (Å²) in [6.45, 7) is 3.56. The van der Waals surface area contributed by atoms with Crippen LogP contribution in [0.3, 0.4) is 0 Å². The lowest BCUT2D eigenvalue weighted by Gasteiger charge is -2.37. The SMILES string of the molecule is CCCN(C1CC1)C1CCCCCCC1N. The predicted octanol–water partition coefficient (Wildman–Crippen LogP) is 2.91. The molecular formula is C14H28N2. The molecule has 2 unspecified atom stereocenters. The topological polar surface area (TPSA) is 29.3 Å². The quantitative estimate of drug-likeness (QED) is 0.795. The highest BCUT2D eigenvalue weighted by Crippen LogP contribution is 2.32. The lowest BCUT2D eigenvalue weighted by atomic mass is 9.91. The highest BCUT2D eigenvalue weighted by molar-refractivity contribution is 4.93. The Bertz CT molecular complexity index is 201. The van der Waals surface area contributed by atoms with Gasteiger partial charge in [0.25, 0.3) is 0 Å². The minimum absolute atomic E-state index is 0.437. The van der Waals surface area contributed by atoms with Gasteiger partial charge in [-0.1, -0.05) is 32.6 Å². The van der Waals surface area contributed by atoms with Crippen LogP contribution in [-0.2, 0) is 0 Å². The van der Waals surface area contributed by atoms with Gasteiger partial charge in [-0.15, -0.1) is 0 Å². The average Bonchev–Trinajstić information content (AvgIpc) is 3.06.